The van der Waals surface area contributed by atoms with E-state index in [2.05, 4.69) is 118 Å². The van der Waals surface area contributed by atoms with Crippen LogP contribution in [0.15, 0.2) is 102 Å². The molecule has 11 heterocycles. The summed E-state index contributed by atoms with van der Waals surface area (Å²) in [7, 11) is 8.96. The first-order chi connectivity index (χ1) is 65.4. The van der Waals surface area contributed by atoms with Gasteiger partial charge in [0, 0.05) is 94.3 Å². The van der Waals surface area contributed by atoms with E-state index in [0.717, 1.165) is 96.3 Å². The Hall–Kier alpha value is -14.1. The monoisotopic (exact) mass is 1870 g/mol. The lowest BCUT2D eigenvalue weighted by Crippen LogP contribution is -2.39. The normalized spacial score (nSPS) is 14.9. The Labute approximate surface area is 777 Å². The van der Waals surface area contributed by atoms with Crippen LogP contribution in [0, 0.1) is 0 Å². The molecule has 12 aromatic rings. The van der Waals surface area contributed by atoms with Gasteiger partial charge in [-0.15, -0.1) is 0 Å². The highest BCUT2D eigenvalue weighted by Gasteiger charge is 2.27. The number of nitrogens with one attached hydrogen (secondary N) is 5. The summed E-state index contributed by atoms with van der Waals surface area (Å²) < 4.78 is 54.5. The zero-order valence-electron chi connectivity index (χ0n) is 76.9. The molecule has 3 saturated heterocycles. The third-order valence-electron chi connectivity index (χ3n) is 22.6. The molecular weight excluding hydrogens is 1750 g/mol. The van der Waals surface area contributed by atoms with Gasteiger partial charge >= 0.3 is 41.8 Å². The molecule has 3 amide bonds. The number of nitrogen functional groups attached to an aromatic ring is 4. The van der Waals surface area contributed by atoms with Crippen LogP contribution in [0.2, 0.25) is 0 Å². The average Bonchev–Trinajstić information content (AvgIpc) is 1.53. The van der Waals surface area contributed by atoms with Crippen molar-refractivity contribution in [3.8, 4) is 30.1 Å². The van der Waals surface area contributed by atoms with Crippen molar-refractivity contribution in [2.75, 3.05) is 157 Å². The van der Waals surface area contributed by atoms with Crippen LogP contribution < -0.4 is 73.6 Å². The second-order valence-electron chi connectivity index (χ2n) is 31.9. The zero-order valence-corrected chi connectivity index (χ0v) is 76.9. The number of nitrogens with two attached hydrogens (primary N) is 4. The first kappa shape index (κ1) is 101. The predicted octanol–water partition coefficient (Wildman–Crippen LogP) is 6.28. The number of aromatic amines is 1. The Morgan fingerprint density at radius 1 is 0.481 bits per heavy atom. The van der Waals surface area contributed by atoms with E-state index in [1.165, 1.54) is 55.9 Å². The Balaban J connectivity index is 0.000000175. The maximum atomic E-state index is 12.7. The maximum Gasteiger partial charge on any atom is 0.373 e. The van der Waals surface area contributed by atoms with Crippen LogP contribution in [0.1, 0.15) is 144 Å². The highest BCUT2D eigenvalue weighted by atomic mass is 16.5. The molecule has 0 spiro atoms. The number of aryl methyl sites for hydroxylation is 1. The number of amides is 3. The molecule has 3 aliphatic rings. The number of carbonyl (C=O) groups is 5. The van der Waals surface area contributed by atoms with Crippen molar-refractivity contribution < 1.29 is 86.4 Å². The molecular formula is C91H119N25O19. The van der Waals surface area contributed by atoms with Gasteiger partial charge in [0.1, 0.15) is 43.3 Å². The van der Waals surface area contributed by atoms with Crippen molar-refractivity contribution in [2.45, 2.75) is 142 Å². The lowest BCUT2D eigenvalue weighted by Gasteiger charge is -2.32. The molecule has 3 aliphatic heterocycles. The van der Waals surface area contributed by atoms with Crippen molar-refractivity contribution >= 4 is 115 Å². The molecule has 0 radical (unpaired) electrons. The van der Waals surface area contributed by atoms with E-state index in [0.29, 0.717) is 116 Å². The molecule has 135 heavy (non-hydrogen) atoms. The molecule has 3 fully saturated rings. The minimum Gasteiger partial charge on any atom is -0.479 e. The molecule has 15 rings (SSSR count). The molecule has 15 N–H and O–H groups in total. The van der Waals surface area contributed by atoms with Gasteiger partial charge < -0.3 is 116 Å². The zero-order chi connectivity index (χ0) is 96.3. The molecule has 0 bridgehead atoms. The van der Waals surface area contributed by atoms with E-state index in [1.54, 1.807) is 66.9 Å². The number of anilines is 4. The van der Waals surface area contributed by atoms with Crippen LogP contribution in [-0.4, -0.2) is 281 Å². The summed E-state index contributed by atoms with van der Waals surface area (Å²) in [6.07, 6.45) is 13.9. The number of aromatic nitrogens is 15. The minimum atomic E-state index is -1.15. The van der Waals surface area contributed by atoms with Crippen molar-refractivity contribution in [3.05, 3.63) is 147 Å². The van der Waals surface area contributed by atoms with Crippen LogP contribution in [0.4, 0.5) is 23.3 Å². The van der Waals surface area contributed by atoms with Gasteiger partial charge in [0.2, 0.25) is 0 Å². The van der Waals surface area contributed by atoms with Gasteiger partial charge in [-0.1, -0.05) is 73.9 Å². The number of para-hydroxylation sites is 1. The molecule has 0 aliphatic carbocycles. The second kappa shape index (κ2) is 51.2. The molecule has 44 nitrogen and oxygen atoms in total. The summed E-state index contributed by atoms with van der Waals surface area (Å²) in [4.78, 5) is 140. The number of carboxylic acids is 2. The number of benzene rings is 4. The number of aliphatic carboxylic acids is 2. The SMILES string of the molecule is CCOCc1nc2c(N)nc3ccccc3c2n1CC.COCCOc1nc(N)c2[nH]c(=O)n(Cc3ccc(C(=O)NCCC4CCCCN4C)cc3)c2n1.COCCOc1nc(N)c2nc(OCC(=O)O)n(Cc3ccc(C(=O)NCCC4CCCCN4)cc3)c2n1.COCCOc1nc(N)c2nc(OCC(=O)O)n(Cc3ccc(C(=O)NCCC4CCCCN4C)cc3)c2n1.O=C=O. The Kier molecular flexibility index (Phi) is 38.5. The molecule has 0 saturated carbocycles. The van der Waals surface area contributed by atoms with Gasteiger partial charge in [-0.3, -0.25) is 28.1 Å². The Morgan fingerprint density at radius 3 is 1.34 bits per heavy atom. The predicted molar refractivity (Wildman–Crippen MR) is 500 cm³/mol. The quantitative estimate of drug-likeness (QED) is 0.0188. The third kappa shape index (κ3) is 28.5. The average molecular weight is 1870 g/mol. The first-order valence-electron chi connectivity index (χ1n) is 44.7. The highest BCUT2D eigenvalue weighted by molar-refractivity contribution is 6.06. The van der Waals surface area contributed by atoms with E-state index < -0.39 is 25.2 Å². The number of H-pyrrole nitrogens is 1. The number of pyridine rings is 1. The number of likely N-dealkylation sites (tertiary alicyclic amines) is 2. The fraction of sp³-hybridized carbons (Fsp3) is 0.462. The van der Waals surface area contributed by atoms with Gasteiger partial charge in [-0.2, -0.15) is 49.5 Å². The highest BCUT2D eigenvalue weighted by Crippen LogP contribution is 2.33. The van der Waals surface area contributed by atoms with Gasteiger partial charge in [0.05, 0.1) is 50.5 Å². The summed E-state index contributed by atoms with van der Waals surface area (Å²) in [6, 6.07) is 31.1. The summed E-state index contributed by atoms with van der Waals surface area (Å²) in [5, 5.41) is 31.7. The topological polar surface area (TPSA) is 583 Å². The summed E-state index contributed by atoms with van der Waals surface area (Å²) in [6.45, 7) is 12.5. The van der Waals surface area contributed by atoms with E-state index in [4.69, 9.17) is 85.4 Å². The number of fused-ring (bicyclic) bond motifs is 6. The fourth-order valence-electron chi connectivity index (χ4n) is 15.7. The van der Waals surface area contributed by atoms with Crippen LogP contribution in [0.3, 0.4) is 0 Å². The van der Waals surface area contributed by atoms with Crippen molar-refractivity contribution in [2.24, 2.45) is 0 Å². The minimum absolute atomic E-state index is 0.0237. The Morgan fingerprint density at radius 2 is 0.911 bits per heavy atom. The van der Waals surface area contributed by atoms with Crippen molar-refractivity contribution in [1.29, 1.82) is 0 Å². The summed E-state index contributed by atoms with van der Waals surface area (Å²) in [5.41, 5.74) is 32.6. The number of imidazole rings is 4. The lowest BCUT2D eigenvalue weighted by atomic mass is 10.00. The number of hydrogen-bond donors (Lipinski definition) is 11. The summed E-state index contributed by atoms with van der Waals surface area (Å²) in [5.74, 6) is -1.03. The van der Waals surface area contributed by atoms with E-state index in [9.17, 15) is 28.8 Å². The van der Waals surface area contributed by atoms with Gasteiger partial charge in [-0.05, 0) is 165 Å². The third-order valence-corrected chi connectivity index (χ3v) is 22.6. The van der Waals surface area contributed by atoms with E-state index in [1.807, 2.05) is 61.5 Å². The standard InChI is InChI=1S/C26H35N7O6.C25H33N7O6.C24H33N7O4.C15H18N4O.CO2/c1-32-12-4-3-5-19(32)10-11-28-24(36)18-8-6-17(7-9-18)15-33-23-21(29-26(33)39-16-20(34)35)22(27)30-25(31-23)38-14-13-37-2;1-36-12-13-37-24-30-21(26)20-22(31-24)32(25(29-20)38-15-19(33)34)14-16-5-7-17(8-6-16)23(35)28-11-9-18-4-2-3-10-27-18;1-30-12-4-3-5-18(30)10-11-26-22(32)17-8-6-16(7-9-17)15-31-21-19(27-24(31)33)20(25)28-23(29-21)35-14-13-34-2;1-3-19-12(9-20-4-2)18-13-14(19)10-7-5-6-8-11(10)17-15(13)16;2-1-3/h6-9,19H,3-5,10-16H2,1-2H3,(H,28,36)(H,34,35)(H2,27,30,31);5-8,18,27H,2-4,9-15H2,1H3,(H,28,35)(H,33,34)(H2,26,30,31);6-9,18H,3-5,10-15H2,1-2H3,(H,26,32)(H,27,33)(H2,25,28,29);5-8H,3-4,9H2,1-2H3,(H2,16,17);. The van der Waals surface area contributed by atoms with Crippen molar-refractivity contribution in [1.82, 2.24) is 104 Å². The van der Waals surface area contributed by atoms with Gasteiger partial charge in [0.15, 0.2) is 64.5 Å². The van der Waals surface area contributed by atoms with Crippen LogP contribution in [0.25, 0.3) is 55.4 Å². The number of piperidine rings is 3. The number of ether oxygens (including phenoxy) is 9. The van der Waals surface area contributed by atoms with Crippen molar-refractivity contribution in [3.63, 3.8) is 0 Å². The molecule has 3 atom stereocenters. The van der Waals surface area contributed by atoms with E-state index >= 15 is 0 Å². The number of nitrogens with zero attached hydrogens (tertiary/aromatic N) is 16. The second-order valence-corrected chi connectivity index (χ2v) is 31.9. The molecule has 722 valence electrons. The van der Waals surface area contributed by atoms with E-state index in [-0.39, 0.29) is 128 Å². The fourth-order valence-corrected chi connectivity index (χ4v) is 15.7. The summed E-state index contributed by atoms with van der Waals surface area (Å²) >= 11 is 0. The number of hydrogen-bond acceptors (Lipinski definition) is 34. The molecule has 8 aromatic heterocycles. The maximum absolute atomic E-state index is 12.7. The van der Waals surface area contributed by atoms with Crippen LogP contribution in [-0.2, 0) is 70.9 Å². The number of methoxy groups -OCH3 is 3. The molecule has 44 heteroatoms. The number of rotatable bonds is 40. The number of carbonyl (C=O) groups excluding carboxylic acids is 5. The Bertz CT molecular complexity index is 6020. The van der Waals surface area contributed by atoms with Crippen LogP contribution >= 0.6 is 0 Å². The lowest BCUT2D eigenvalue weighted by molar-refractivity contribution is -0.191. The van der Waals surface area contributed by atoms with Gasteiger partial charge in [-0.25, -0.2) is 24.4 Å². The van der Waals surface area contributed by atoms with Crippen LogP contribution in [0.5, 0.6) is 30.1 Å². The first-order valence-corrected chi connectivity index (χ1v) is 44.7. The largest absolute Gasteiger partial charge is 0.479 e. The molecule has 3 unspecified atom stereocenters. The van der Waals surface area contributed by atoms with Gasteiger partial charge in [0.25, 0.3) is 29.7 Å². The smallest absolute Gasteiger partial charge is 0.373 e. The molecule has 4 aromatic carbocycles. The number of carboxylic acid groups (broad SMARTS) is 2.